The smallest absolute Gasteiger partial charge is 0.243 e. The first-order valence-corrected chi connectivity index (χ1v) is 8.12. The molecule has 0 spiro atoms. The number of hydrogen-bond donors (Lipinski definition) is 4. The van der Waals surface area contributed by atoms with E-state index in [-0.39, 0.29) is 42.6 Å². The molecule has 0 fully saturated rings. The summed E-state index contributed by atoms with van der Waals surface area (Å²) in [6.45, 7) is 3.56. The lowest BCUT2D eigenvalue weighted by molar-refractivity contribution is -0.125. The molecule has 138 valence electrons. The largest absolute Gasteiger partial charge is 0.346 e. The van der Waals surface area contributed by atoms with E-state index in [4.69, 9.17) is 5.73 Å². The average Bonchev–Trinajstić information content (AvgIpc) is 2.72. The van der Waals surface area contributed by atoms with Crippen LogP contribution >= 0.6 is 12.4 Å². The predicted molar refractivity (Wildman–Crippen MR) is 99.7 cm³/mol. The highest BCUT2D eigenvalue weighted by Gasteiger charge is 2.18. The van der Waals surface area contributed by atoms with E-state index in [0.29, 0.717) is 12.1 Å². The van der Waals surface area contributed by atoms with Crippen LogP contribution in [0.25, 0.3) is 0 Å². The number of halogens is 1. The summed E-state index contributed by atoms with van der Waals surface area (Å²) < 4.78 is 0. The second-order valence-corrected chi connectivity index (χ2v) is 6.31. The first-order chi connectivity index (χ1) is 11.4. The Morgan fingerprint density at radius 2 is 2.00 bits per heavy atom. The third kappa shape index (κ3) is 6.03. The van der Waals surface area contributed by atoms with Gasteiger partial charge in [-0.1, -0.05) is 13.8 Å². The molecule has 0 aromatic heterocycles. The van der Waals surface area contributed by atoms with Crippen LogP contribution in [0.15, 0.2) is 18.2 Å². The molecule has 1 aromatic carbocycles. The highest BCUT2D eigenvalue weighted by atomic mass is 35.5. The molecule has 0 radical (unpaired) electrons. The minimum absolute atomic E-state index is 0. The number of aryl methyl sites for hydroxylation is 1. The molecular formula is C17H25ClN4O3. The van der Waals surface area contributed by atoms with Crippen molar-refractivity contribution in [2.24, 2.45) is 11.7 Å². The maximum Gasteiger partial charge on any atom is 0.243 e. The van der Waals surface area contributed by atoms with Crippen LogP contribution in [0.5, 0.6) is 0 Å². The zero-order valence-electron chi connectivity index (χ0n) is 14.4. The third-order valence-corrected chi connectivity index (χ3v) is 3.96. The van der Waals surface area contributed by atoms with Crippen LogP contribution in [0.3, 0.4) is 0 Å². The summed E-state index contributed by atoms with van der Waals surface area (Å²) in [4.78, 5) is 35.2. The molecule has 0 bridgehead atoms. The topological polar surface area (TPSA) is 113 Å². The third-order valence-electron chi connectivity index (χ3n) is 3.96. The van der Waals surface area contributed by atoms with Gasteiger partial charge in [-0.15, -0.1) is 12.4 Å². The summed E-state index contributed by atoms with van der Waals surface area (Å²) in [6.07, 6.45) is 2.05. The van der Waals surface area contributed by atoms with Crippen molar-refractivity contribution in [2.45, 2.75) is 39.2 Å². The maximum atomic E-state index is 12.0. The van der Waals surface area contributed by atoms with Crippen molar-refractivity contribution < 1.29 is 14.4 Å². The Hall–Kier alpha value is -2.12. The summed E-state index contributed by atoms with van der Waals surface area (Å²) in [7, 11) is 0. The molecule has 1 heterocycles. The van der Waals surface area contributed by atoms with Crippen LogP contribution in [0.1, 0.15) is 32.3 Å². The second kappa shape index (κ2) is 9.39. The molecular weight excluding hydrogens is 344 g/mol. The van der Waals surface area contributed by atoms with E-state index in [9.17, 15) is 14.4 Å². The average molecular weight is 369 g/mol. The number of benzene rings is 1. The van der Waals surface area contributed by atoms with Gasteiger partial charge >= 0.3 is 0 Å². The van der Waals surface area contributed by atoms with Gasteiger partial charge in [0.1, 0.15) is 0 Å². The van der Waals surface area contributed by atoms with Gasteiger partial charge in [0.25, 0.3) is 0 Å². The lowest BCUT2D eigenvalue weighted by Crippen LogP contribution is -2.46. The first kappa shape index (κ1) is 20.9. The van der Waals surface area contributed by atoms with E-state index in [0.717, 1.165) is 24.1 Å². The minimum atomic E-state index is -0.631. The molecule has 1 atom stereocenters. The standard InChI is InChI=1S/C17H24N4O3.ClH/c1-10(2)16(18)17(24)19-9-15(23)20-12-6-7-13-11(8-12)4-3-5-14(22)21-13;/h6-8,10,16H,3-5,9,18H2,1-2H3,(H,19,24)(H,20,23)(H,21,22);1H/t16-;/m0./s1. The summed E-state index contributed by atoms with van der Waals surface area (Å²) in [5.74, 6) is -0.649. The van der Waals surface area contributed by atoms with Crippen LogP contribution in [0, 0.1) is 5.92 Å². The molecule has 1 aromatic rings. The van der Waals surface area contributed by atoms with E-state index < -0.39 is 6.04 Å². The fraction of sp³-hybridized carbons (Fsp3) is 0.471. The Bertz CT molecular complexity index is 649. The Kier molecular flexibility index (Phi) is 7.86. The minimum Gasteiger partial charge on any atom is -0.346 e. The van der Waals surface area contributed by atoms with E-state index in [1.54, 1.807) is 12.1 Å². The lowest BCUT2D eigenvalue weighted by atomic mass is 10.1. The molecule has 0 aliphatic carbocycles. The number of anilines is 2. The molecule has 3 amide bonds. The Balaban J connectivity index is 0.00000312. The van der Waals surface area contributed by atoms with Gasteiger partial charge in [0.15, 0.2) is 0 Å². The van der Waals surface area contributed by atoms with Crippen molar-refractivity contribution in [3.05, 3.63) is 23.8 Å². The van der Waals surface area contributed by atoms with E-state index >= 15 is 0 Å². The molecule has 8 heteroatoms. The number of nitrogens with two attached hydrogens (primary N) is 1. The number of hydrogen-bond acceptors (Lipinski definition) is 4. The van der Waals surface area contributed by atoms with E-state index in [2.05, 4.69) is 16.0 Å². The van der Waals surface area contributed by atoms with Gasteiger partial charge in [-0.25, -0.2) is 0 Å². The highest BCUT2D eigenvalue weighted by molar-refractivity contribution is 5.96. The molecule has 0 saturated heterocycles. The summed E-state index contributed by atoms with van der Waals surface area (Å²) in [6, 6.07) is 4.72. The SMILES string of the molecule is CC(C)[C@H](N)C(=O)NCC(=O)Nc1ccc2c(c1)CCCC(=O)N2.Cl. The van der Waals surface area contributed by atoms with Gasteiger partial charge < -0.3 is 21.7 Å². The number of carbonyl (C=O) groups excluding carboxylic acids is 3. The van der Waals surface area contributed by atoms with Crippen LogP contribution in [-0.4, -0.2) is 30.3 Å². The molecule has 7 nitrogen and oxygen atoms in total. The molecule has 2 rings (SSSR count). The van der Waals surface area contributed by atoms with Crippen LogP contribution in [-0.2, 0) is 20.8 Å². The van der Waals surface area contributed by atoms with Crippen molar-refractivity contribution in [3.63, 3.8) is 0 Å². The number of nitrogens with one attached hydrogen (secondary N) is 3. The summed E-state index contributed by atoms with van der Waals surface area (Å²) in [5, 5.41) is 8.11. The van der Waals surface area contributed by atoms with Crippen molar-refractivity contribution in [3.8, 4) is 0 Å². The fourth-order valence-corrected chi connectivity index (χ4v) is 2.45. The quantitative estimate of drug-likeness (QED) is 0.629. The monoisotopic (exact) mass is 368 g/mol. The van der Waals surface area contributed by atoms with Crippen LogP contribution in [0.4, 0.5) is 11.4 Å². The van der Waals surface area contributed by atoms with Gasteiger partial charge in [0.2, 0.25) is 17.7 Å². The number of fused-ring (bicyclic) bond motifs is 1. The van der Waals surface area contributed by atoms with Crippen molar-refractivity contribution >= 4 is 41.5 Å². The van der Waals surface area contributed by atoms with Crippen LogP contribution in [0.2, 0.25) is 0 Å². The summed E-state index contributed by atoms with van der Waals surface area (Å²) >= 11 is 0. The van der Waals surface area contributed by atoms with Gasteiger partial charge in [0.05, 0.1) is 12.6 Å². The van der Waals surface area contributed by atoms with Gasteiger partial charge in [0, 0.05) is 17.8 Å². The van der Waals surface area contributed by atoms with E-state index in [1.165, 1.54) is 0 Å². The van der Waals surface area contributed by atoms with Crippen molar-refractivity contribution in [2.75, 3.05) is 17.2 Å². The Morgan fingerprint density at radius 3 is 2.68 bits per heavy atom. The number of amides is 3. The van der Waals surface area contributed by atoms with E-state index in [1.807, 2.05) is 19.9 Å². The second-order valence-electron chi connectivity index (χ2n) is 6.31. The van der Waals surface area contributed by atoms with Gasteiger partial charge in [-0.3, -0.25) is 14.4 Å². The molecule has 25 heavy (non-hydrogen) atoms. The lowest BCUT2D eigenvalue weighted by Gasteiger charge is -2.15. The van der Waals surface area contributed by atoms with Gasteiger partial charge in [-0.2, -0.15) is 0 Å². The Morgan fingerprint density at radius 1 is 1.28 bits per heavy atom. The fourth-order valence-electron chi connectivity index (χ4n) is 2.45. The normalized spacial score (nSPS) is 14.5. The zero-order chi connectivity index (χ0) is 17.7. The molecule has 1 aliphatic rings. The predicted octanol–water partition coefficient (Wildman–Crippen LogP) is 1.42. The van der Waals surface area contributed by atoms with Crippen molar-refractivity contribution in [1.29, 1.82) is 0 Å². The first-order valence-electron chi connectivity index (χ1n) is 8.12. The zero-order valence-corrected chi connectivity index (χ0v) is 15.2. The number of carbonyl (C=O) groups is 3. The molecule has 0 unspecified atom stereocenters. The molecule has 1 aliphatic heterocycles. The molecule has 0 saturated carbocycles. The van der Waals surface area contributed by atoms with Gasteiger partial charge in [-0.05, 0) is 42.5 Å². The van der Waals surface area contributed by atoms with Crippen LogP contribution < -0.4 is 21.7 Å². The maximum absolute atomic E-state index is 12.0. The Labute approximate surface area is 153 Å². The molecule has 5 N–H and O–H groups in total. The number of rotatable bonds is 5. The summed E-state index contributed by atoms with van der Waals surface area (Å²) in [5.41, 5.74) is 8.13. The van der Waals surface area contributed by atoms with Crippen molar-refractivity contribution in [1.82, 2.24) is 5.32 Å². The highest BCUT2D eigenvalue weighted by Crippen LogP contribution is 2.25.